The number of benzene rings is 1. The van der Waals surface area contributed by atoms with Crippen LogP contribution >= 0.6 is 0 Å². The molecule has 88 valence electrons. The SMILES string of the molecule is O=C1CCCc2cccc(C3=CCCCC3)c21. The summed E-state index contributed by atoms with van der Waals surface area (Å²) in [5.41, 5.74) is 4.94. The third-order valence-corrected chi connectivity index (χ3v) is 3.92. The fourth-order valence-corrected chi connectivity index (χ4v) is 3.05. The Bertz CT molecular complexity index is 482. The molecular formula is C16H18O. The fourth-order valence-electron chi connectivity index (χ4n) is 3.05. The van der Waals surface area contributed by atoms with Crippen molar-refractivity contribution in [3.05, 3.63) is 41.0 Å². The van der Waals surface area contributed by atoms with Gasteiger partial charge in [-0.2, -0.15) is 0 Å². The van der Waals surface area contributed by atoms with Crippen LogP contribution in [-0.2, 0) is 6.42 Å². The van der Waals surface area contributed by atoms with Crippen LogP contribution < -0.4 is 0 Å². The molecule has 0 atom stereocenters. The van der Waals surface area contributed by atoms with Crippen molar-refractivity contribution in [1.29, 1.82) is 0 Å². The molecule has 0 aliphatic heterocycles. The normalized spacial score (nSPS) is 19.8. The molecule has 0 heterocycles. The molecule has 0 saturated heterocycles. The van der Waals surface area contributed by atoms with Crippen molar-refractivity contribution in [1.82, 2.24) is 0 Å². The van der Waals surface area contributed by atoms with Gasteiger partial charge in [-0.1, -0.05) is 24.3 Å². The van der Waals surface area contributed by atoms with Gasteiger partial charge in [-0.15, -0.1) is 0 Å². The van der Waals surface area contributed by atoms with Crippen LogP contribution in [0.3, 0.4) is 0 Å². The zero-order chi connectivity index (χ0) is 11.7. The second-order valence-electron chi connectivity index (χ2n) is 5.09. The first-order valence-electron chi connectivity index (χ1n) is 6.71. The van der Waals surface area contributed by atoms with Crippen LogP contribution in [0.2, 0.25) is 0 Å². The van der Waals surface area contributed by atoms with Gasteiger partial charge < -0.3 is 0 Å². The summed E-state index contributed by atoms with van der Waals surface area (Å²) in [5.74, 6) is 0.355. The second kappa shape index (κ2) is 4.48. The molecule has 0 amide bonds. The monoisotopic (exact) mass is 226 g/mol. The molecule has 0 radical (unpaired) electrons. The predicted molar refractivity (Wildman–Crippen MR) is 70.2 cm³/mol. The van der Waals surface area contributed by atoms with Crippen LogP contribution in [0.5, 0.6) is 0 Å². The molecule has 0 N–H and O–H groups in total. The lowest BCUT2D eigenvalue weighted by molar-refractivity contribution is 0.0972. The van der Waals surface area contributed by atoms with Crippen molar-refractivity contribution in [2.45, 2.75) is 44.9 Å². The topological polar surface area (TPSA) is 17.1 Å². The summed E-state index contributed by atoms with van der Waals surface area (Å²) in [6.45, 7) is 0. The molecule has 2 aliphatic rings. The minimum atomic E-state index is 0.355. The average Bonchev–Trinajstić information content (AvgIpc) is 2.39. The lowest BCUT2D eigenvalue weighted by atomic mass is 9.82. The first-order valence-corrected chi connectivity index (χ1v) is 6.71. The third-order valence-electron chi connectivity index (χ3n) is 3.92. The number of hydrogen-bond acceptors (Lipinski definition) is 1. The van der Waals surface area contributed by atoms with E-state index in [0.29, 0.717) is 5.78 Å². The Morgan fingerprint density at radius 1 is 0.941 bits per heavy atom. The number of Topliss-reactive ketones (excluding diaryl/α,β-unsaturated/α-hetero) is 1. The molecule has 2 aliphatic carbocycles. The molecule has 1 heteroatoms. The highest BCUT2D eigenvalue weighted by atomic mass is 16.1. The van der Waals surface area contributed by atoms with Crippen molar-refractivity contribution in [2.75, 3.05) is 0 Å². The number of hydrogen-bond donors (Lipinski definition) is 0. The van der Waals surface area contributed by atoms with E-state index in [1.165, 1.54) is 36.0 Å². The standard InChI is InChI=1S/C16H18O/c17-15-11-5-9-13-8-4-10-14(16(13)15)12-6-2-1-3-7-12/h4,6,8,10H,1-3,5,7,9,11H2. The molecule has 0 unspecified atom stereocenters. The summed E-state index contributed by atoms with van der Waals surface area (Å²) in [6.07, 6.45) is 10.0. The number of ketones is 1. The molecular weight excluding hydrogens is 208 g/mol. The fraction of sp³-hybridized carbons (Fsp3) is 0.438. The molecule has 0 bridgehead atoms. The van der Waals surface area contributed by atoms with Gasteiger partial charge in [0.25, 0.3) is 0 Å². The molecule has 1 nitrogen and oxygen atoms in total. The molecule has 17 heavy (non-hydrogen) atoms. The number of carbonyl (C=O) groups is 1. The Kier molecular flexibility index (Phi) is 2.84. The maximum absolute atomic E-state index is 12.1. The zero-order valence-corrected chi connectivity index (χ0v) is 10.2. The highest BCUT2D eigenvalue weighted by Crippen LogP contribution is 2.33. The average molecular weight is 226 g/mol. The van der Waals surface area contributed by atoms with E-state index in [2.05, 4.69) is 24.3 Å². The van der Waals surface area contributed by atoms with E-state index in [9.17, 15) is 4.79 Å². The molecule has 1 aromatic carbocycles. The summed E-state index contributed by atoms with van der Waals surface area (Å²) in [4.78, 5) is 12.1. The molecule has 3 rings (SSSR count). The maximum Gasteiger partial charge on any atom is 0.163 e. The number of aryl methyl sites for hydroxylation is 1. The van der Waals surface area contributed by atoms with Crippen molar-refractivity contribution in [3.63, 3.8) is 0 Å². The Balaban J connectivity index is 2.10. The summed E-state index contributed by atoms with van der Waals surface area (Å²) in [6, 6.07) is 6.38. The van der Waals surface area contributed by atoms with E-state index in [1.807, 2.05) is 0 Å². The molecule has 0 spiro atoms. The Morgan fingerprint density at radius 3 is 2.71 bits per heavy atom. The maximum atomic E-state index is 12.1. The molecule has 0 saturated carbocycles. The lowest BCUT2D eigenvalue weighted by Gasteiger charge is -2.21. The number of rotatable bonds is 1. The van der Waals surface area contributed by atoms with Crippen LogP contribution in [0.4, 0.5) is 0 Å². The summed E-state index contributed by atoms with van der Waals surface area (Å²) >= 11 is 0. The van der Waals surface area contributed by atoms with E-state index in [1.54, 1.807) is 0 Å². The van der Waals surface area contributed by atoms with Gasteiger partial charge in [-0.25, -0.2) is 0 Å². The van der Waals surface area contributed by atoms with Crippen molar-refractivity contribution in [2.24, 2.45) is 0 Å². The molecule has 0 fully saturated rings. The lowest BCUT2D eigenvalue weighted by Crippen LogP contribution is -2.13. The summed E-state index contributed by atoms with van der Waals surface area (Å²) in [5, 5.41) is 0. The van der Waals surface area contributed by atoms with Gasteiger partial charge in [0.15, 0.2) is 5.78 Å². The highest BCUT2D eigenvalue weighted by Gasteiger charge is 2.22. The van der Waals surface area contributed by atoms with Gasteiger partial charge in [0, 0.05) is 12.0 Å². The van der Waals surface area contributed by atoms with Crippen LogP contribution in [0.25, 0.3) is 5.57 Å². The van der Waals surface area contributed by atoms with E-state index in [4.69, 9.17) is 0 Å². The van der Waals surface area contributed by atoms with Crippen molar-refractivity contribution >= 4 is 11.4 Å². The molecule has 1 aromatic rings. The van der Waals surface area contributed by atoms with Gasteiger partial charge in [0.1, 0.15) is 0 Å². The summed E-state index contributed by atoms with van der Waals surface area (Å²) < 4.78 is 0. The van der Waals surface area contributed by atoms with Gasteiger partial charge in [-0.3, -0.25) is 4.79 Å². The van der Waals surface area contributed by atoms with Gasteiger partial charge in [0.05, 0.1) is 0 Å². The van der Waals surface area contributed by atoms with Crippen LogP contribution in [-0.4, -0.2) is 5.78 Å². The Hall–Kier alpha value is -1.37. The first-order chi connectivity index (χ1) is 8.36. The smallest absolute Gasteiger partial charge is 0.163 e. The predicted octanol–water partition coefficient (Wildman–Crippen LogP) is 4.16. The largest absolute Gasteiger partial charge is 0.294 e. The number of allylic oxidation sites excluding steroid dienone is 2. The van der Waals surface area contributed by atoms with Crippen LogP contribution in [0, 0.1) is 0 Å². The number of fused-ring (bicyclic) bond motifs is 1. The quantitative estimate of drug-likeness (QED) is 0.702. The third kappa shape index (κ3) is 1.95. The van der Waals surface area contributed by atoms with Crippen molar-refractivity contribution in [3.8, 4) is 0 Å². The van der Waals surface area contributed by atoms with Crippen LogP contribution in [0.15, 0.2) is 24.3 Å². The second-order valence-corrected chi connectivity index (χ2v) is 5.09. The van der Waals surface area contributed by atoms with E-state index >= 15 is 0 Å². The van der Waals surface area contributed by atoms with E-state index < -0.39 is 0 Å². The zero-order valence-electron chi connectivity index (χ0n) is 10.2. The van der Waals surface area contributed by atoms with Crippen LogP contribution in [0.1, 0.15) is 60.0 Å². The summed E-state index contributed by atoms with van der Waals surface area (Å²) in [7, 11) is 0. The van der Waals surface area contributed by atoms with Gasteiger partial charge in [-0.05, 0) is 55.2 Å². The highest BCUT2D eigenvalue weighted by molar-refractivity contribution is 6.03. The minimum absolute atomic E-state index is 0.355. The molecule has 0 aromatic heterocycles. The first kappa shape index (κ1) is 10.8. The van der Waals surface area contributed by atoms with Crippen molar-refractivity contribution < 1.29 is 4.79 Å². The van der Waals surface area contributed by atoms with Gasteiger partial charge >= 0.3 is 0 Å². The van der Waals surface area contributed by atoms with Gasteiger partial charge in [0.2, 0.25) is 0 Å². The Labute approximate surface area is 103 Å². The minimum Gasteiger partial charge on any atom is -0.294 e. The number of carbonyl (C=O) groups excluding carboxylic acids is 1. The van der Waals surface area contributed by atoms with E-state index in [0.717, 1.165) is 31.2 Å². The van der Waals surface area contributed by atoms with E-state index in [-0.39, 0.29) is 0 Å². The Morgan fingerprint density at radius 2 is 1.88 bits per heavy atom.